The van der Waals surface area contributed by atoms with E-state index in [0.29, 0.717) is 17.7 Å². The second kappa shape index (κ2) is 5.84. The largest absolute Gasteiger partial charge is 0.478 e. The van der Waals surface area contributed by atoms with Crippen LogP contribution in [-0.2, 0) is 0 Å². The van der Waals surface area contributed by atoms with Gasteiger partial charge in [0.25, 0.3) is 0 Å². The second-order valence-corrected chi connectivity index (χ2v) is 5.08. The van der Waals surface area contributed by atoms with Crippen LogP contribution >= 0.6 is 0 Å². The molecule has 1 aromatic heterocycles. The fourth-order valence-electron chi connectivity index (χ4n) is 2.39. The molecule has 0 spiro atoms. The zero-order chi connectivity index (χ0) is 16.4. The van der Waals surface area contributed by atoms with Crippen LogP contribution in [0.5, 0.6) is 0 Å². The summed E-state index contributed by atoms with van der Waals surface area (Å²) in [6.07, 6.45) is 0.641. The number of aldehydes is 1. The maximum atomic E-state index is 11.3. The van der Waals surface area contributed by atoms with Crippen molar-refractivity contribution in [1.82, 2.24) is 15.0 Å². The lowest BCUT2D eigenvalue weighted by Gasteiger charge is -2.08. The molecule has 0 amide bonds. The number of hydrogen-bond acceptors (Lipinski definition) is 4. The van der Waals surface area contributed by atoms with Gasteiger partial charge >= 0.3 is 5.97 Å². The molecule has 0 saturated heterocycles. The van der Waals surface area contributed by atoms with Gasteiger partial charge in [0.15, 0.2) is 12.0 Å². The van der Waals surface area contributed by atoms with Crippen LogP contribution in [0.15, 0.2) is 48.5 Å². The van der Waals surface area contributed by atoms with E-state index < -0.39 is 5.97 Å². The fraction of sp³-hybridized carbons (Fsp3) is 0.0588. The van der Waals surface area contributed by atoms with Gasteiger partial charge in [-0.25, -0.2) is 9.48 Å². The molecule has 6 nitrogen and oxygen atoms in total. The minimum Gasteiger partial charge on any atom is -0.478 e. The van der Waals surface area contributed by atoms with Crippen molar-refractivity contribution in [1.29, 1.82) is 0 Å². The van der Waals surface area contributed by atoms with Crippen molar-refractivity contribution in [2.24, 2.45) is 0 Å². The molecule has 0 bridgehead atoms. The first-order chi connectivity index (χ1) is 11.1. The molecule has 114 valence electrons. The molecule has 0 atom stereocenters. The van der Waals surface area contributed by atoms with Gasteiger partial charge in [-0.05, 0) is 31.2 Å². The van der Waals surface area contributed by atoms with E-state index >= 15 is 0 Å². The SMILES string of the molecule is Cc1cccc(-c2c(C=O)nnn2-c2cccc(C(=O)O)c2)c1. The topological polar surface area (TPSA) is 85.1 Å². The number of rotatable bonds is 4. The summed E-state index contributed by atoms with van der Waals surface area (Å²) < 4.78 is 1.48. The van der Waals surface area contributed by atoms with Crippen molar-refractivity contribution in [3.8, 4) is 16.9 Å². The zero-order valence-corrected chi connectivity index (χ0v) is 12.3. The Morgan fingerprint density at radius 2 is 1.96 bits per heavy atom. The first kappa shape index (κ1) is 14.6. The normalized spacial score (nSPS) is 10.5. The molecule has 1 N–H and O–H groups in total. The van der Waals surface area contributed by atoms with Gasteiger partial charge in [-0.3, -0.25) is 4.79 Å². The van der Waals surface area contributed by atoms with Crippen molar-refractivity contribution in [2.75, 3.05) is 0 Å². The van der Waals surface area contributed by atoms with Crippen LogP contribution in [0.1, 0.15) is 26.4 Å². The molecule has 3 rings (SSSR count). The lowest BCUT2D eigenvalue weighted by Crippen LogP contribution is -2.03. The summed E-state index contributed by atoms with van der Waals surface area (Å²) in [5.74, 6) is -1.03. The smallest absolute Gasteiger partial charge is 0.335 e. The number of aromatic nitrogens is 3. The van der Waals surface area contributed by atoms with Crippen LogP contribution in [0, 0.1) is 6.92 Å². The number of benzene rings is 2. The molecule has 2 aromatic carbocycles. The Bertz CT molecular complexity index is 900. The van der Waals surface area contributed by atoms with E-state index in [-0.39, 0.29) is 11.3 Å². The summed E-state index contributed by atoms with van der Waals surface area (Å²) in [5.41, 5.74) is 3.23. The molecule has 23 heavy (non-hydrogen) atoms. The van der Waals surface area contributed by atoms with Crippen LogP contribution in [0.3, 0.4) is 0 Å². The number of aromatic carboxylic acids is 1. The first-order valence-corrected chi connectivity index (χ1v) is 6.92. The highest BCUT2D eigenvalue weighted by Gasteiger charge is 2.16. The molecule has 0 unspecified atom stereocenters. The molecular weight excluding hydrogens is 294 g/mol. The number of carboxylic acid groups (broad SMARTS) is 1. The average molecular weight is 307 g/mol. The monoisotopic (exact) mass is 307 g/mol. The maximum Gasteiger partial charge on any atom is 0.335 e. The number of nitrogens with zero attached hydrogens (tertiary/aromatic N) is 3. The van der Waals surface area contributed by atoms with E-state index in [0.717, 1.165) is 11.1 Å². The van der Waals surface area contributed by atoms with E-state index in [4.69, 9.17) is 5.11 Å². The van der Waals surface area contributed by atoms with Gasteiger partial charge in [0, 0.05) is 5.56 Å². The first-order valence-electron chi connectivity index (χ1n) is 6.92. The van der Waals surface area contributed by atoms with E-state index in [1.165, 1.54) is 16.8 Å². The molecule has 0 radical (unpaired) electrons. The Hall–Kier alpha value is -3.28. The third-order valence-corrected chi connectivity index (χ3v) is 3.44. The quantitative estimate of drug-likeness (QED) is 0.749. The highest BCUT2D eigenvalue weighted by Crippen LogP contribution is 2.25. The minimum absolute atomic E-state index is 0.140. The molecule has 6 heteroatoms. The predicted molar refractivity (Wildman–Crippen MR) is 83.9 cm³/mol. The Kier molecular flexibility index (Phi) is 3.72. The standard InChI is InChI=1S/C17H13N3O3/c1-11-4-2-5-12(8-11)16-15(10-21)18-19-20(16)14-7-3-6-13(9-14)17(22)23/h2-10H,1H3,(H,22,23). The Balaban J connectivity index is 2.22. The number of carbonyl (C=O) groups is 2. The number of hydrogen-bond donors (Lipinski definition) is 1. The van der Waals surface area contributed by atoms with Crippen LogP contribution in [0.25, 0.3) is 16.9 Å². The Morgan fingerprint density at radius 3 is 2.65 bits per heavy atom. The van der Waals surface area contributed by atoms with Crippen molar-refractivity contribution in [3.63, 3.8) is 0 Å². The summed E-state index contributed by atoms with van der Waals surface area (Å²) in [5, 5.41) is 17.0. The summed E-state index contributed by atoms with van der Waals surface area (Å²) in [7, 11) is 0. The molecule has 0 aliphatic carbocycles. The zero-order valence-electron chi connectivity index (χ0n) is 12.3. The second-order valence-electron chi connectivity index (χ2n) is 5.08. The third kappa shape index (κ3) is 2.74. The summed E-state index contributed by atoms with van der Waals surface area (Å²) in [6.45, 7) is 1.95. The molecule has 0 saturated carbocycles. The lowest BCUT2D eigenvalue weighted by molar-refractivity contribution is 0.0696. The molecule has 0 aliphatic heterocycles. The van der Waals surface area contributed by atoms with Crippen LogP contribution in [0.2, 0.25) is 0 Å². The average Bonchev–Trinajstić information content (AvgIpc) is 2.99. The van der Waals surface area contributed by atoms with Gasteiger partial charge in [-0.1, -0.05) is 35.0 Å². The number of carbonyl (C=O) groups excluding carboxylic acids is 1. The summed E-state index contributed by atoms with van der Waals surface area (Å²) in [6, 6.07) is 13.9. The van der Waals surface area contributed by atoms with Crippen molar-refractivity contribution in [3.05, 3.63) is 65.4 Å². The van der Waals surface area contributed by atoms with E-state index in [1.54, 1.807) is 12.1 Å². The van der Waals surface area contributed by atoms with Gasteiger partial charge in [0.05, 0.1) is 11.3 Å². The summed E-state index contributed by atoms with van der Waals surface area (Å²) >= 11 is 0. The van der Waals surface area contributed by atoms with Crippen molar-refractivity contribution in [2.45, 2.75) is 6.92 Å². The highest BCUT2D eigenvalue weighted by molar-refractivity contribution is 5.88. The van der Waals surface area contributed by atoms with Crippen LogP contribution in [-0.4, -0.2) is 32.4 Å². The number of aryl methyl sites for hydroxylation is 1. The molecule has 1 heterocycles. The Morgan fingerprint density at radius 1 is 1.17 bits per heavy atom. The van der Waals surface area contributed by atoms with E-state index in [9.17, 15) is 9.59 Å². The van der Waals surface area contributed by atoms with E-state index in [2.05, 4.69) is 10.3 Å². The molecule has 0 aliphatic rings. The maximum absolute atomic E-state index is 11.3. The van der Waals surface area contributed by atoms with Gasteiger partial charge in [0.2, 0.25) is 0 Å². The van der Waals surface area contributed by atoms with Gasteiger partial charge in [0.1, 0.15) is 5.69 Å². The summed E-state index contributed by atoms with van der Waals surface area (Å²) in [4.78, 5) is 22.4. The predicted octanol–water partition coefficient (Wildman–Crippen LogP) is 2.75. The van der Waals surface area contributed by atoms with Gasteiger partial charge in [-0.2, -0.15) is 0 Å². The van der Waals surface area contributed by atoms with Crippen LogP contribution < -0.4 is 0 Å². The molecule has 3 aromatic rings. The van der Waals surface area contributed by atoms with Gasteiger partial charge in [-0.15, -0.1) is 5.10 Å². The minimum atomic E-state index is -1.03. The lowest BCUT2D eigenvalue weighted by atomic mass is 10.1. The number of carboxylic acids is 1. The molecule has 0 fully saturated rings. The van der Waals surface area contributed by atoms with Gasteiger partial charge < -0.3 is 5.11 Å². The fourth-order valence-corrected chi connectivity index (χ4v) is 2.39. The van der Waals surface area contributed by atoms with E-state index in [1.807, 2.05) is 31.2 Å². The third-order valence-electron chi connectivity index (χ3n) is 3.44. The highest BCUT2D eigenvalue weighted by atomic mass is 16.4. The van der Waals surface area contributed by atoms with Crippen molar-refractivity contribution >= 4 is 12.3 Å². The Labute approximate surface area is 132 Å². The molecular formula is C17H13N3O3. The van der Waals surface area contributed by atoms with Crippen LogP contribution in [0.4, 0.5) is 0 Å². The van der Waals surface area contributed by atoms with Crippen molar-refractivity contribution < 1.29 is 14.7 Å².